The molecule has 0 aliphatic heterocycles. The van der Waals surface area contributed by atoms with Crippen LogP contribution in [0.25, 0.3) is 22.2 Å². The highest BCUT2D eigenvalue weighted by atomic mass is 32.1. The van der Waals surface area contributed by atoms with Crippen molar-refractivity contribution in [2.45, 2.75) is 0 Å². The van der Waals surface area contributed by atoms with E-state index in [-0.39, 0.29) is 5.75 Å². The minimum absolute atomic E-state index is 0.203. The number of para-hydroxylation sites is 1. The summed E-state index contributed by atoms with van der Waals surface area (Å²) in [5, 5.41) is 16.5. The number of hydrogen-bond donors (Lipinski definition) is 2. The molecule has 0 spiro atoms. The van der Waals surface area contributed by atoms with E-state index < -0.39 is 5.63 Å². The van der Waals surface area contributed by atoms with Crippen LogP contribution in [0.3, 0.4) is 0 Å². The fraction of sp³-hybridized carbons (Fsp3) is 0. The summed E-state index contributed by atoms with van der Waals surface area (Å²) in [6.45, 7) is 0. The maximum atomic E-state index is 12.2. The molecule has 128 valence electrons. The van der Waals surface area contributed by atoms with Gasteiger partial charge in [-0.3, -0.25) is 5.43 Å². The number of phenolic OH excluding ortho intramolecular Hbond substituents is 1. The minimum Gasteiger partial charge on any atom is -0.508 e. The van der Waals surface area contributed by atoms with Crippen molar-refractivity contribution in [1.29, 1.82) is 0 Å². The average molecular weight is 363 g/mol. The van der Waals surface area contributed by atoms with E-state index in [9.17, 15) is 9.90 Å². The van der Waals surface area contributed by atoms with Gasteiger partial charge < -0.3 is 9.52 Å². The third-order valence-corrected chi connectivity index (χ3v) is 4.44. The number of fused-ring (bicyclic) bond motifs is 1. The Labute approximate surface area is 152 Å². The minimum atomic E-state index is -0.423. The van der Waals surface area contributed by atoms with Crippen LogP contribution >= 0.6 is 11.3 Å². The van der Waals surface area contributed by atoms with E-state index in [1.54, 1.807) is 48.0 Å². The fourth-order valence-electron chi connectivity index (χ4n) is 2.41. The summed E-state index contributed by atoms with van der Waals surface area (Å²) in [6.07, 6.45) is 1.62. The van der Waals surface area contributed by atoms with E-state index >= 15 is 0 Å². The number of hydrazone groups is 1. The Morgan fingerprint density at radius 1 is 1.15 bits per heavy atom. The summed E-state index contributed by atoms with van der Waals surface area (Å²) in [6, 6.07) is 15.8. The van der Waals surface area contributed by atoms with E-state index in [0.29, 0.717) is 22.0 Å². The maximum absolute atomic E-state index is 12.2. The molecule has 0 aliphatic carbocycles. The zero-order valence-corrected chi connectivity index (χ0v) is 14.2. The molecule has 4 aromatic rings. The molecule has 2 aromatic carbocycles. The second-order valence-electron chi connectivity index (χ2n) is 5.48. The van der Waals surface area contributed by atoms with Gasteiger partial charge in [0.2, 0.25) is 5.13 Å². The predicted molar refractivity (Wildman–Crippen MR) is 103 cm³/mol. The van der Waals surface area contributed by atoms with E-state index in [1.807, 2.05) is 18.2 Å². The van der Waals surface area contributed by atoms with Crippen LogP contribution in [0, 0.1) is 0 Å². The molecule has 2 N–H and O–H groups in total. The fourth-order valence-corrected chi connectivity index (χ4v) is 3.07. The number of nitrogens with one attached hydrogen (secondary N) is 1. The Kier molecular flexibility index (Phi) is 4.20. The molecule has 0 bridgehead atoms. The third kappa shape index (κ3) is 3.33. The number of aromatic hydroxyl groups is 1. The van der Waals surface area contributed by atoms with Crippen LogP contribution in [0.5, 0.6) is 5.75 Å². The van der Waals surface area contributed by atoms with Crippen molar-refractivity contribution >= 4 is 33.7 Å². The molecular formula is C19H13N3O3S. The van der Waals surface area contributed by atoms with Gasteiger partial charge in [0.1, 0.15) is 11.3 Å². The molecule has 2 aromatic heterocycles. The van der Waals surface area contributed by atoms with Gasteiger partial charge in [-0.15, -0.1) is 11.3 Å². The van der Waals surface area contributed by atoms with Gasteiger partial charge in [-0.05, 0) is 42.0 Å². The van der Waals surface area contributed by atoms with Gasteiger partial charge in [0.05, 0.1) is 17.5 Å². The van der Waals surface area contributed by atoms with Crippen molar-refractivity contribution in [3.63, 3.8) is 0 Å². The monoisotopic (exact) mass is 363 g/mol. The summed E-state index contributed by atoms with van der Waals surface area (Å²) in [5.74, 6) is 0.203. The summed E-state index contributed by atoms with van der Waals surface area (Å²) >= 11 is 1.34. The summed E-state index contributed by atoms with van der Waals surface area (Å²) < 4.78 is 5.34. The van der Waals surface area contributed by atoms with Crippen molar-refractivity contribution in [2.75, 3.05) is 5.43 Å². The highest BCUT2D eigenvalue weighted by Gasteiger charge is 2.11. The van der Waals surface area contributed by atoms with E-state index in [1.165, 1.54) is 11.3 Å². The molecular weight excluding hydrogens is 350 g/mol. The van der Waals surface area contributed by atoms with Crippen LogP contribution in [0.2, 0.25) is 0 Å². The lowest BCUT2D eigenvalue weighted by Crippen LogP contribution is -2.02. The molecule has 0 saturated carbocycles. The molecule has 4 rings (SSSR count). The van der Waals surface area contributed by atoms with Crippen LogP contribution in [0.4, 0.5) is 5.13 Å². The van der Waals surface area contributed by atoms with Gasteiger partial charge in [0.15, 0.2) is 0 Å². The number of thiazole rings is 1. The highest BCUT2D eigenvalue weighted by Crippen LogP contribution is 2.25. The summed E-state index contributed by atoms with van der Waals surface area (Å²) in [7, 11) is 0. The number of aromatic nitrogens is 1. The van der Waals surface area contributed by atoms with Crippen molar-refractivity contribution in [2.24, 2.45) is 5.10 Å². The molecule has 26 heavy (non-hydrogen) atoms. The largest absolute Gasteiger partial charge is 0.508 e. The molecule has 0 fully saturated rings. The van der Waals surface area contributed by atoms with Crippen molar-refractivity contribution in [3.8, 4) is 17.0 Å². The van der Waals surface area contributed by atoms with Crippen molar-refractivity contribution < 1.29 is 9.52 Å². The Morgan fingerprint density at radius 3 is 2.81 bits per heavy atom. The molecule has 7 heteroatoms. The van der Waals surface area contributed by atoms with Gasteiger partial charge in [0.25, 0.3) is 0 Å². The van der Waals surface area contributed by atoms with Gasteiger partial charge in [0, 0.05) is 10.8 Å². The number of rotatable bonds is 4. The zero-order chi connectivity index (χ0) is 17.9. The molecule has 0 aliphatic rings. The second-order valence-corrected chi connectivity index (χ2v) is 6.34. The van der Waals surface area contributed by atoms with Crippen LogP contribution in [0.1, 0.15) is 5.56 Å². The lowest BCUT2D eigenvalue weighted by Gasteiger charge is -1.99. The zero-order valence-electron chi connectivity index (χ0n) is 13.4. The Balaban J connectivity index is 1.55. The van der Waals surface area contributed by atoms with Crippen LogP contribution < -0.4 is 11.1 Å². The van der Waals surface area contributed by atoms with Gasteiger partial charge >= 0.3 is 5.63 Å². The topological polar surface area (TPSA) is 87.7 Å². The maximum Gasteiger partial charge on any atom is 0.345 e. The van der Waals surface area contributed by atoms with Crippen molar-refractivity contribution in [3.05, 3.63) is 76.0 Å². The molecule has 2 heterocycles. The Hall–Kier alpha value is -3.45. The number of benzene rings is 2. The lowest BCUT2D eigenvalue weighted by molar-refractivity contribution is 0.475. The van der Waals surface area contributed by atoms with Crippen LogP contribution in [0.15, 0.2) is 74.3 Å². The number of phenols is 1. The first kappa shape index (κ1) is 16.0. The van der Waals surface area contributed by atoms with E-state index in [4.69, 9.17) is 4.42 Å². The van der Waals surface area contributed by atoms with E-state index in [0.717, 1.165) is 10.9 Å². The third-order valence-electron chi connectivity index (χ3n) is 3.69. The van der Waals surface area contributed by atoms with Gasteiger partial charge in [-0.25, -0.2) is 9.78 Å². The normalized spacial score (nSPS) is 11.2. The first-order valence-corrected chi connectivity index (χ1v) is 8.64. The molecule has 6 nitrogen and oxygen atoms in total. The molecule has 0 saturated heterocycles. The van der Waals surface area contributed by atoms with Crippen LogP contribution in [-0.2, 0) is 0 Å². The smallest absolute Gasteiger partial charge is 0.345 e. The summed E-state index contributed by atoms with van der Waals surface area (Å²) in [4.78, 5) is 16.6. The second kappa shape index (κ2) is 6.81. The Bertz CT molecular complexity index is 1150. The quantitative estimate of drug-likeness (QED) is 0.324. The molecule has 0 atom stereocenters. The predicted octanol–water partition coefficient (Wildman–Crippen LogP) is 4.07. The van der Waals surface area contributed by atoms with E-state index in [2.05, 4.69) is 15.5 Å². The number of hydrogen-bond acceptors (Lipinski definition) is 7. The Morgan fingerprint density at radius 2 is 1.96 bits per heavy atom. The molecule has 0 amide bonds. The molecule has 0 radical (unpaired) electrons. The van der Waals surface area contributed by atoms with Crippen LogP contribution in [-0.4, -0.2) is 16.3 Å². The SMILES string of the molecule is O=c1oc2ccccc2cc1-c1csc(N/N=C\c2ccc(O)cc2)n1. The van der Waals surface area contributed by atoms with Gasteiger partial charge in [-0.1, -0.05) is 18.2 Å². The first-order chi connectivity index (χ1) is 12.7. The standard InChI is InChI=1S/C19H13N3O3S/c23-14-7-5-12(6-8-14)10-20-22-19-21-16(11-26-19)15-9-13-3-1-2-4-17(13)25-18(15)24/h1-11,23H,(H,21,22)/b20-10-. The molecule has 0 unspecified atom stereocenters. The lowest BCUT2D eigenvalue weighted by atomic mass is 10.1. The highest BCUT2D eigenvalue weighted by molar-refractivity contribution is 7.14. The first-order valence-electron chi connectivity index (χ1n) is 7.76. The van der Waals surface area contributed by atoms with Crippen molar-refractivity contribution in [1.82, 2.24) is 4.98 Å². The average Bonchev–Trinajstić information content (AvgIpc) is 3.11. The number of nitrogens with zero attached hydrogens (tertiary/aromatic N) is 2. The van der Waals surface area contributed by atoms with Gasteiger partial charge in [-0.2, -0.15) is 5.10 Å². The number of anilines is 1. The summed E-state index contributed by atoms with van der Waals surface area (Å²) in [5.41, 5.74) is 4.75.